The number of hydrogen-bond donors (Lipinski definition) is 1. The number of rotatable bonds is 4. The number of allylic oxidation sites excluding steroid dienone is 1. The van der Waals surface area contributed by atoms with E-state index in [2.05, 4.69) is 10.5 Å². The first-order valence-electron chi connectivity index (χ1n) is 6.31. The number of sulfone groups is 1. The van der Waals surface area contributed by atoms with Crippen molar-refractivity contribution in [2.24, 2.45) is 5.10 Å². The lowest BCUT2D eigenvalue weighted by Gasteiger charge is -2.08. The van der Waals surface area contributed by atoms with Crippen LogP contribution in [0.2, 0.25) is 0 Å². The predicted molar refractivity (Wildman–Crippen MR) is 79.9 cm³/mol. The highest BCUT2D eigenvalue weighted by Crippen LogP contribution is 2.21. The number of methoxy groups -OCH3 is 1. The Labute approximate surface area is 123 Å². The summed E-state index contributed by atoms with van der Waals surface area (Å²) in [6.07, 6.45) is 5.60. The fourth-order valence-corrected chi connectivity index (χ4v) is 2.50. The number of ether oxygens (including phenoxy) is 1. The molecule has 1 aliphatic heterocycles. The Kier molecular flexibility index (Phi) is 4.42. The number of nitrogens with one attached hydrogen (secondary N) is 1. The molecule has 2 rings (SSSR count). The van der Waals surface area contributed by atoms with E-state index in [1.807, 2.05) is 0 Å². The molecule has 21 heavy (non-hydrogen) atoms. The highest BCUT2D eigenvalue weighted by atomic mass is 32.2. The Morgan fingerprint density at radius 1 is 1.24 bits per heavy atom. The molecule has 6 nitrogen and oxygen atoms in total. The van der Waals surface area contributed by atoms with E-state index in [1.54, 1.807) is 24.3 Å². The largest absolute Gasteiger partial charge is 0.497 e. The Bertz CT molecular complexity index is 720. The molecule has 7 heteroatoms. The fourth-order valence-electron chi connectivity index (χ4n) is 1.82. The van der Waals surface area contributed by atoms with Gasteiger partial charge in [0, 0.05) is 19.1 Å². The van der Waals surface area contributed by atoms with Crippen molar-refractivity contribution in [2.75, 3.05) is 13.4 Å². The van der Waals surface area contributed by atoms with Crippen molar-refractivity contribution in [3.63, 3.8) is 0 Å². The second-order valence-electron chi connectivity index (χ2n) is 4.69. The van der Waals surface area contributed by atoms with E-state index < -0.39 is 9.84 Å². The molecule has 112 valence electrons. The maximum absolute atomic E-state index is 11.6. The van der Waals surface area contributed by atoms with Gasteiger partial charge in [0.25, 0.3) is 0 Å². The molecule has 0 spiro atoms. The zero-order chi connectivity index (χ0) is 15.5. The molecule has 1 N–H and O–H groups in total. The molecular weight excluding hydrogens is 292 g/mol. The highest BCUT2D eigenvalue weighted by Gasteiger charge is 2.11. The molecule has 1 aromatic carbocycles. The van der Waals surface area contributed by atoms with Crippen LogP contribution < -0.4 is 10.2 Å². The third-order valence-electron chi connectivity index (χ3n) is 2.97. The van der Waals surface area contributed by atoms with Crippen molar-refractivity contribution in [3.8, 4) is 5.75 Å². The van der Waals surface area contributed by atoms with Crippen molar-refractivity contribution in [1.29, 1.82) is 0 Å². The van der Waals surface area contributed by atoms with Crippen LogP contribution in [-0.4, -0.2) is 33.4 Å². The summed E-state index contributed by atoms with van der Waals surface area (Å²) in [6.45, 7) is 0. The van der Waals surface area contributed by atoms with Crippen molar-refractivity contribution in [3.05, 3.63) is 29.8 Å². The molecule has 0 bridgehead atoms. The SMILES string of the molecule is COc1cc(C=CC2=NNC(=O)CC2)cc(S(C)(=O)=O)c1. The molecule has 0 saturated heterocycles. The lowest BCUT2D eigenvalue weighted by Crippen LogP contribution is -2.24. The van der Waals surface area contributed by atoms with Gasteiger partial charge in [-0.3, -0.25) is 4.79 Å². The summed E-state index contributed by atoms with van der Waals surface area (Å²) in [5, 5.41) is 3.92. The van der Waals surface area contributed by atoms with Gasteiger partial charge in [-0.25, -0.2) is 13.8 Å². The van der Waals surface area contributed by atoms with Crippen molar-refractivity contribution in [2.45, 2.75) is 17.7 Å². The van der Waals surface area contributed by atoms with E-state index in [-0.39, 0.29) is 10.8 Å². The van der Waals surface area contributed by atoms with Crippen LogP contribution in [-0.2, 0) is 14.6 Å². The Balaban J connectivity index is 2.29. The number of amides is 1. The maximum atomic E-state index is 11.6. The number of benzene rings is 1. The first-order valence-corrected chi connectivity index (χ1v) is 8.20. The smallest absolute Gasteiger partial charge is 0.240 e. The van der Waals surface area contributed by atoms with Crippen molar-refractivity contribution in [1.82, 2.24) is 5.43 Å². The Morgan fingerprint density at radius 3 is 2.57 bits per heavy atom. The third kappa shape index (κ3) is 4.16. The summed E-state index contributed by atoms with van der Waals surface area (Å²) >= 11 is 0. The van der Waals surface area contributed by atoms with E-state index in [0.29, 0.717) is 24.2 Å². The number of hydrogen-bond acceptors (Lipinski definition) is 5. The normalized spacial score (nSPS) is 15.7. The van der Waals surface area contributed by atoms with Crippen LogP contribution in [0, 0.1) is 0 Å². The fraction of sp³-hybridized carbons (Fsp3) is 0.286. The van der Waals surface area contributed by atoms with Gasteiger partial charge in [-0.05, 0) is 29.8 Å². The zero-order valence-electron chi connectivity index (χ0n) is 11.8. The van der Waals surface area contributed by atoms with Gasteiger partial charge in [-0.15, -0.1) is 0 Å². The van der Waals surface area contributed by atoms with Crippen LogP contribution in [0.3, 0.4) is 0 Å². The van der Waals surface area contributed by atoms with Gasteiger partial charge in [0.15, 0.2) is 9.84 Å². The standard InChI is InChI=1S/C14H16N2O4S/c1-20-12-7-10(8-13(9-12)21(2,18)19)3-4-11-5-6-14(17)16-15-11/h3-4,7-9H,5-6H2,1-2H3,(H,16,17). The minimum absolute atomic E-state index is 0.104. The number of hydrazone groups is 1. The quantitative estimate of drug-likeness (QED) is 0.910. The van der Waals surface area contributed by atoms with Crippen LogP contribution in [0.4, 0.5) is 0 Å². The monoisotopic (exact) mass is 308 g/mol. The van der Waals surface area contributed by atoms with Crippen LogP contribution in [0.1, 0.15) is 18.4 Å². The van der Waals surface area contributed by atoms with Crippen molar-refractivity contribution >= 4 is 27.5 Å². The van der Waals surface area contributed by atoms with Crippen LogP contribution in [0.25, 0.3) is 6.08 Å². The van der Waals surface area contributed by atoms with E-state index in [0.717, 1.165) is 12.0 Å². The molecule has 0 unspecified atom stereocenters. The summed E-state index contributed by atoms with van der Waals surface area (Å²) in [7, 11) is -1.83. The molecule has 0 saturated carbocycles. The van der Waals surface area contributed by atoms with Crippen molar-refractivity contribution < 1.29 is 17.9 Å². The Morgan fingerprint density at radius 2 is 2.00 bits per heavy atom. The van der Waals surface area contributed by atoms with Crippen LogP contribution >= 0.6 is 0 Å². The minimum Gasteiger partial charge on any atom is -0.497 e. The second-order valence-corrected chi connectivity index (χ2v) is 6.70. The number of carbonyl (C=O) groups excluding carboxylic acids is 1. The summed E-state index contributed by atoms with van der Waals surface area (Å²) in [5.41, 5.74) is 3.83. The summed E-state index contributed by atoms with van der Waals surface area (Å²) in [5.74, 6) is 0.365. The predicted octanol–water partition coefficient (Wildman–Crippen LogP) is 1.38. The molecule has 1 heterocycles. The molecule has 0 radical (unpaired) electrons. The first-order chi connectivity index (χ1) is 9.88. The van der Waals surface area contributed by atoms with Gasteiger partial charge in [-0.1, -0.05) is 6.08 Å². The summed E-state index contributed by atoms with van der Waals surface area (Å²) in [6, 6.07) is 4.77. The van der Waals surface area contributed by atoms with Gasteiger partial charge in [0.05, 0.1) is 17.7 Å². The lowest BCUT2D eigenvalue weighted by molar-refractivity contribution is -0.121. The Hall–Kier alpha value is -2.15. The molecule has 0 aromatic heterocycles. The van der Waals surface area contributed by atoms with Gasteiger partial charge in [0.2, 0.25) is 5.91 Å². The van der Waals surface area contributed by atoms with Gasteiger partial charge in [0.1, 0.15) is 5.75 Å². The minimum atomic E-state index is -3.31. The molecule has 1 aromatic rings. The van der Waals surface area contributed by atoms with Gasteiger partial charge >= 0.3 is 0 Å². The first kappa shape index (κ1) is 15.2. The molecule has 0 atom stereocenters. The van der Waals surface area contributed by atoms with Gasteiger partial charge < -0.3 is 4.74 Å². The number of nitrogens with zero attached hydrogens (tertiary/aromatic N) is 1. The average Bonchev–Trinajstić information content (AvgIpc) is 2.45. The zero-order valence-corrected chi connectivity index (χ0v) is 12.6. The molecule has 1 amide bonds. The van der Waals surface area contributed by atoms with E-state index in [4.69, 9.17) is 4.74 Å². The maximum Gasteiger partial charge on any atom is 0.240 e. The van der Waals surface area contributed by atoms with E-state index in [9.17, 15) is 13.2 Å². The van der Waals surface area contributed by atoms with Crippen LogP contribution in [0.15, 0.2) is 34.3 Å². The second kappa shape index (κ2) is 6.09. The molecule has 1 aliphatic rings. The molecule has 0 aliphatic carbocycles. The molecule has 0 fully saturated rings. The molecular formula is C14H16N2O4S. The summed E-state index contributed by atoms with van der Waals surface area (Å²) in [4.78, 5) is 11.2. The van der Waals surface area contributed by atoms with Gasteiger partial charge in [-0.2, -0.15) is 5.10 Å². The number of carbonyl (C=O) groups is 1. The lowest BCUT2D eigenvalue weighted by atomic mass is 10.1. The highest BCUT2D eigenvalue weighted by molar-refractivity contribution is 7.90. The van der Waals surface area contributed by atoms with Crippen LogP contribution in [0.5, 0.6) is 5.75 Å². The third-order valence-corrected chi connectivity index (χ3v) is 4.06. The topological polar surface area (TPSA) is 84.8 Å². The van der Waals surface area contributed by atoms with E-state index in [1.165, 1.54) is 13.2 Å². The summed E-state index contributed by atoms with van der Waals surface area (Å²) < 4.78 is 28.4. The average molecular weight is 308 g/mol. The van der Waals surface area contributed by atoms with E-state index >= 15 is 0 Å².